The highest BCUT2D eigenvalue weighted by atomic mass is 19.1. The molecule has 1 atom stereocenters. The van der Waals surface area contributed by atoms with Gasteiger partial charge in [-0.05, 0) is 37.9 Å². The number of halogens is 1. The number of fused-ring (bicyclic) bond motifs is 1. The summed E-state index contributed by atoms with van der Waals surface area (Å²) in [7, 11) is 5.29. The lowest BCUT2D eigenvalue weighted by Gasteiger charge is -2.29. The molecule has 134 valence electrons. The molecule has 0 saturated carbocycles. The molecule has 0 saturated heterocycles. The average molecular weight is 351 g/mol. The van der Waals surface area contributed by atoms with E-state index in [-0.39, 0.29) is 11.7 Å². The number of aromatic nitrogens is 1. The lowest BCUT2D eigenvalue weighted by molar-refractivity contribution is -0.135. The number of carbonyl (C=O) groups excluding carboxylic acids is 1. The molecule has 2 aromatic carbocycles. The van der Waals surface area contributed by atoms with Crippen LogP contribution >= 0.6 is 0 Å². The lowest BCUT2D eigenvalue weighted by atomic mass is 10.0. The lowest BCUT2D eigenvalue weighted by Crippen LogP contribution is -2.38. The molecule has 1 heterocycles. The molecule has 0 aliphatic heterocycles. The molecule has 0 radical (unpaired) electrons. The highest BCUT2D eigenvalue weighted by Crippen LogP contribution is 2.24. The molecule has 26 heavy (non-hydrogen) atoms. The van der Waals surface area contributed by atoms with Crippen LogP contribution < -0.4 is 0 Å². The van der Waals surface area contributed by atoms with Crippen molar-refractivity contribution < 1.29 is 9.18 Å². The number of likely N-dealkylation sites (N-methyl/N-ethyl adjacent to an activating group) is 2. The number of pyridine rings is 1. The zero-order chi connectivity index (χ0) is 18.7. The van der Waals surface area contributed by atoms with Gasteiger partial charge in [-0.25, -0.2) is 4.39 Å². The van der Waals surface area contributed by atoms with E-state index in [0.29, 0.717) is 12.1 Å². The SMILES string of the molecule is CN(Cc1cnc2ccccc2c1)C(=O)[C@H](c1ccccc1F)N(C)C. The first kappa shape index (κ1) is 18.0. The second kappa shape index (κ2) is 7.62. The van der Waals surface area contributed by atoms with Gasteiger partial charge in [0.1, 0.15) is 11.9 Å². The normalized spacial score (nSPS) is 12.3. The highest BCUT2D eigenvalue weighted by Gasteiger charge is 2.28. The van der Waals surface area contributed by atoms with Crippen molar-refractivity contribution in [1.82, 2.24) is 14.8 Å². The molecule has 1 amide bonds. The van der Waals surface area contributed by atoms with E-state index < -0.39 is 6.04 Å². The predicted molar refractivity (Wildman–Crippen MR) is 101 cm³/mol. The third-order valence-electron chi connectivity index (χ3n) is 4.39. The van der Waals surface area contributed by atoms with Crippen LogP contribution in [0.1, 0.15) is 17.2 Å². The van der Waals surface area contributed by atoms with Crippen molar-refractivity contribution in [3.63, 3.8) is 0 Å². The largest absolute Gasteiger partial charge is 0.340 e. The minimum absolute atomic E-state index is 0.159. The topological polar surface area (TPSA) is 36.4 Å². The molecular weight excluding hydrogens is 329 g/mol. The van der Waals surface area contributed by atoms with E-state index in [1.54, 1.807) is 55.3 Å². The van der Waals surface area contributed by atoms with Crippen LogP contribution in [0.2, 0.25) is 0 Å². The molecule has 0 N–H and O–H groups in total. The van der Waals surface area contributed by atoms with Gasteiger partial charge in [-0.2, -0.15) is 0 Å². The zero-order valence-electron chi connectivity index (χ0n) is 15.2. The van der Waals surface area contributed by atoms with E-state index in [1.165, 1.54) is 6.07 Å². The number of nitrogens with zero attached hydrogens (tertiary/aromatic N) is 3. The first-order valence-electron chi connectivity index (χ1n) is 8.47. The second-order valence-electron chi connectivity index (χ2n) is 6.62. The van der Waals surface area contributed by atoms with E-state index >= 15 is 0 Å². The molecule has 0 fully saturated rings. The van der Waals surface area contributed by atoms with Gasteiger partial charge in [0.2, 0.25) is 5.91 Å². The van der Waals surface area contributed by atoms with Gasteiger partial charge in [-0.1, -0.05) is 36.4 Å². The van der Waals surface area contributed by atoms with E-state index in [9.17, 15) is 9.18 Å². The molecule has 1 aromatic heterocycles. The van der Waals surface area contributed by atoms with Gasteiger partial charge in [0.25, 0.3) is 0 Å². The summed E-state index contributed by atoms with van der Waals surface area (Å²) in [5, 5.41) is 1.03. The van der Waals surface area contributed by atoms with Crippen LogP contribution in [-0.2, 0) is 11.3 Å². The molecule has 4 nitrogen and oxygen atoms in total. The monoisotopic (exact) mass is 351 g/mol. The third-order valence-corrected chi connectivity index (χ3v) is 4.39. The standard InChI is InChI=1S/C21H22FN3O/c1-24(2)20(17-9-5-6-10-18(17)22)21(26)25(3)14-15-12-16-8-4-7-11-19(16)23-13-15/h4-13,20H,14H2,1-3H3/t20-/m0/s1. The summed E-state index contributed by atoms with van der Waals surface area (Å²) in [6, 6.07) is 15.6. The van der Waals surface area contributed by atoms with E-state index in [1.807, 2.05) is 30.3 Å². The van der Waals surface area contributed by atoms with Gasteiger partial charge in [0, 0.05) is 30.7 Å². The van der Waals surface area contributed by atoms with Crippen LogP contribution in [0.5, 0.6) is 0 Å². The molecule has 0 aliphatic carbocycles. The van der Waals surface area contributed by atoms with E-state index in [0.717, 1.165) is 16.5 Å². The molecule has 3 aromatic rings. The Morgan fingerprint density at radius 1 is 1.08 bits per heavy atom. The third kappa shape index (κ3) is 3.73. The molecule has 5 heteroatoms. The van der Waals surface area contributed by atoms with E-state index in [2.05, 4.69) is 4.98 Å². The van der Waals surface area contributed by atoms with Crippen molar-refractivity contribution in [3.05, 3.63) is 77.7 Å². The predicted octanol–water partition coefficient (Wildman–Crippen LogP) is 3.64. The zero-order valence-corrected chi connectivity index (χ0v) is 15.2. The summed E-state index contributed by atoms with van der Waals surface area (Å²) in [6.45, 7) is 0.412. The molecule has 3 rings (SSSR count). The highest BCUT2D eigenvalue weighted by molar-refractivity contribution is 5.83. The Bertz CT molecular complexity index is 926. The number of hydrogen-bond donors (Lipinski definition) is 0. The Morgan fingerprint density at radius 2 is 1.77 bits per heavy atom. The second-order valence-corrected chi connectivity index (χ2v) is 6.62. The fourth-order valence-electron chi connectivity index (χ4n) is 3.09. The maximum atomic E-state index is 14.2. The van der Waals surface area contributed by atoms with Gasteiger partial charge >= 0.3 is 0 Å². The number of amides is 1. The van der Waals surface area contributed by atoms with Crippen LogP contribution in [0.4, 0.5) is 4.39 Å². The van der Waals surface area contributed by atoms with E-state index in [4.69, 9.17) is 0 Å². The summed E-state index contributed by atoms with van der Waals surface area (Å²) in [5.74, 6) is -0.534. The van der Waals surface area contributed by atoms with Crippen molar-refractivity contribution in [1.29, 1.82) is 0 Å². The first-order valence-corrected chi connectivity index (χ1v) is 8.47. The Balaban J connectivity index is 1.83. The smallest absolute Gasteiger partial charge is 0.244 e. The van der Waals surface area contributed by atoms with Crippen LogP contribution in [0.15, 0.2) is 60.8 Å². The number of carbonyl (C=O) groups is 1. The summed E-state index contributed by atoms with van der Waals surface area (Å²) in [6.07, 6.45) is 1.78. The first-order chi connectivity index (χ1) is 12.5. The molecular formula is C21H22FN3O. The molecule has 0 unspecified atom stereocenters. The number of para-hydroxylation sites is 1. The summed E-state index contributed by atoms with van der Waals surface area (Å²) in [4.78, 5) is 20.8. The Hall–Kier alpha value is -2.79. The van der Waals surface area contributed by atoms with Gasteiger partial charge in [-0.3, -0.25) is 14.7 Å². The van der Waals surface area contributed by atoms with Gasteiger partial charge < -0.3 is 4.90 Å². The van der Waals surface area contributed by atoms with Crippen molar-refractivity contribution >= 4 is 16.8 Å². The van der Waals surface area contributed by atoms with Gasteiger partial charge in [0.15, 0.2) is 0 Å². The van der Waals surface area contributed by atoms with Crippen molar-refractivity contribution in [2.24, 2.45) is 0 Å². The summed E-state index contributed by atoms with van der Waals surface area (Å²) in [5.41, 5.74) is 2.24. The van der Waals surface area contributed by atoms with Crippen LogP contribution in [0.25, 0.3) is 10.9 Å². The maximum Gasteiger partial charge on any atom is 0.244 e. The maximum absolute atomic E-state index is 14.2. The van der Waals surface area contributed by atoms with Gasteiger partial charge in [0.05, 0.1) is 5.52 Å². The number of rotatable bonds is 5. The fourth-order valence-corrected chi connectivity index (χ4v) is 3.09. The Kier molecular flexibility index (Phi) is 5.28. The van der Waals surface area contributed by atoms with Crippen molar-refractivity contribution in [2.75, 3.05) is 21.1 Å². The summed E-state index contributed by atoms with van der Waals surface area (Å²) < 4.78 is 14.2. The minimum atomic E-state index is -0.672. The molecule has 0 aliphatic rings. The van der Waals surface area contributed by atoms with Crippen molar-refractivity contribution in [3.8, 4) is 0 Å². The number of hydrogen-bond acceptors (Lipinski definition) is 3. The van der Waals surface area contributed by atoms with Crippen LogP contribution in [0, 0.1) is 5.82 Å². The fraction of sp³-hybridized carbons (Fsp3) is 0.238. The Labute approximate surface area is 152 Å². The summed E-state index contributed by atoms with van der Waals surface area (Å²) >= 11 is 0. The van der Waals surface area contributed by atoms with Crippen molar-refractivity contribution in [2.45, 2.75) is 12.6 Å². The van der Waals surface area contributed by atoms with Gasteiger partial charge in [-0.15, -0.1) is 0 Å². The van der Waals surface area contributed by atoms with Crippen LogP contribution in [-0.4, -0.2) is 41.8 Å². The quantitative estimate of drug-likeness (QED) is 0.704. The Morgan fingerprint density at radius 3 is 2.50 bits per heavy atom. The number of benzene rings is 2. The molecule has 0 bridgehead atoms. The van der Waals surface area contributed by atoms with Crippen LogP contribution in [0.3, 0.4) is 0 Å². The average Bonchev–Trinajstić information content (AvgIpc) is 2.63. The minimum Gasteiger partial charge on any atom is -0.340 e. The molecule has 0 spiro atoms.